The van der Waals surface area contributed by atoms with E-state index in [4.69, 9.17) is 0 Å². The maximum atomic E-state index is 12.4. The maximum Gasteiger partial charge on any atom is 0.288 e. The highest BCUT2D eigenvalue weighted by Crippen LogP contribution is 2.24. The number of hydrogen-bond donors (Lipinski definition) is 1. The molecule has 3 rings (SSSR count). The molecule has 1 aromatic carbocycles. The first-order valence-corrected chi connectivity index (χ1v) is 9.96. The molecule has 1 aliphatic carbocycles. The summed E-state index contributed by atoms with van der Waals surface area (Å²) in [5.41, 5.74) is 2.39. The molecule has 1 N–H and O–H groups in total. The Morgan fingerprint density at radius 3 is 2.41 bits per heavy atom. The van der Waals surface area contributed by atoms with Crippen LogP contribution in [0.3, 0.4) is 0 Å². The van der Waals surface area contributed by atoms with Gasteiger partial charge in [-0.25, -0.2) is 0 Å². The number of anilines is 1. The summed E-state index contributed by atoms with van der Waals surface area (Å²) in [4.78, 5) is 40.6. The van der Waals surface area contributed by atoms with Crippen molar-refractivity contribution in [3.63, 3.8) is 0 Å². The minimum Gasteiger partial charge on any atom is -0.368 e. The number of aryl methyl sites for hydroxylation is 1. The van der Waals surface area contributed by atoms with E-state index in [1.807, 2.05) is 6.07 Å². The van der Waals surface area contributed by atoms with Gasteiger partial charge in [-0.05, 0) is 37.5 Å². The SMILES string of the molecule is Cc1cccc(N2CCN(C(=O)CNC(=O)C(=O)C3CCCCC3)CC2)c1. The average molecular weight is 371 g/mol. The number of rotatable bonds is 5. The summed E-state index contributed by atoms with van der Waals surface area (Å²) in [6, 6.07) is 8.35. The van der Waals surface area contributed by atoms with Crippen LogP contribution in [0.25, 0.3) is 0 Å². The Kier molecular flexibility index (Phi) is 6.48. The van der Waals surface area contributed by atoms with Gasteiger partial charge < -0.3 is 15.1 Å². The molecule has 1 saturated heterocycles. The molecule has 0 atom stereocenters. The molecule has 1 aromatic rings. The molecule has 27 heavy (non-hydrogen) atoms. The third-order valence-electron chi connectivity index (χ3n) is 5.60. The lowest BCUT2D eigenvalue weighted by atomic mass is 9.86. The van der Waals surface area contributed by atoms with Crippen molar-refractivity contribution in [2.24, 2.45) is 5.92 Å². The fourth-order valence-electron chi connectivity index (χ4n) is 3.94. The number of piperazine rings is 1. The van der Waals surface area contributed by atoms with Crippen LogP contribution in [0, 0.1) is 12.8 Å². The Hall–Kier alpha value is -2.37. The highest BCUT2D eigenvalue weighted by Gasteiger charge is 2.28. The summed E-state index contributed by atoms with van der Waals surface area (Å²) < 4.78 is 0. The molecule has 1 saturated carbocycles. The fraction of sp³-hybridized carbons (Fsp3) is 0.571. The van der Waals surface area contributed by atoms with Gasteiger partial charge in [-0.1, -0.05) is 31.4 Å². The van der Waals surface area contributed by atoms with Gasteiger partial charge in [-0.15, -0.1) is 0 Å². The molecule has 1 heterocycles. The predicted octanol–water partition coefficient (Wildman–Crippen LogP) is 1.91. The summed E-state index contributed by atoms with van der Waals surface area (Å²) in [6.07, 6.45) is 4.74. The first-order valence-electron chi connectivity index (χ1n) is 9.96. The van der Waals surface area contributed by atoms with E-state index in [1.54, 1.807) is 4.90 Å². The fourth-order valence-corrected chi connectivity index (χ4v) is 3.94. The number of nitrogens with one attached hydrogen (secondary N) is 1. The lowest BCUT2D eigenvalue weighted by Gasteiger charge is -2.36. The Labute approximate surface area is 160 Å². The molecular formula is C21H29N3O3. The van der Waals surface area contributed by atoms with E-state index in [2.05, 4.69) is 35.3 Å². The third-order valence-corrected chi connectivity index (χ3v) is 5.60. The molecule has 6 nitrogen and oxygen atoms in total. The summed E-state index contributed by atoms with van der Waals surface area (Å²) in [5.74, 6) is -1.24. The molecule has 6 heteroatoms. The first kappa shape index (κ1) is 19.4. The van der Waals surface area contributed by atoms with E-state index in [0.29, 0.717) is 13.1 Å². The van der Waals surface area contributed by atoms with Crippen molar-refractivity contribution >= 4 is 23.3 Å². The van der Waals surface area contributed by atoms with Crippen LogP contribution in [0.4, 0.5) is 5.69 Å². The molecule has 146 valence electrons. The molecule has 0 unspecified atom stereocenters. The molecule has 0 spiro atoms. The summed E-state index contributed by atoms with van der Waals surface area (Å²) in [6.45, 7) is 4.76. The van der Waals surface area contributed by atoms with E-state index in [9.17, 15) is 14.4 Å². The molecule has 1 aliphatic heterocycles. The molecule has 0 aromatic heterocycles. The average Bonchev–Trinajstić information content (AvgIpc) is 2.72. The number of carbonyl (C=O) groups is 3. The van der Waals surface area contributed by atoms with Gasteiger partial charge in [-0.3, -0.25) is 14.4 Å². The Morgan fingerprint density at radius 2 is 1.74 bits per heavy atom. The van der Waals surface area contributed by atoms with Crippen LogP contribution >= 0.6 is 0 Å². The predicted molar refractivity (Wildman–Crippen MR) is 105 cm³/mol. The smallest absolute Gasteiger partial charge is 0.288 e. The number of benzene rings is 1. The van der Waals surface area contributed by atoms with E-state index in [0.717, 1.165) is 45.2 Å². The van der Waals surface area contributed by atoms with Gasteiger partial charge in [0.25, 0.3) is 5.91 Å². The van der Waals surface area contributed by atoms with Gasteiger partial charge >= 0.3 is 0 Å². The molecule has 0 radical (unpaired) electrons. The van der Waals surface area contributed by atoms with Crippen LogP contribution in [0.2, 0.25) is 0 Å². The number of nitrogens with zero attached hydrogens (tertiary/aromatic N) is 2. The maximum absolute atomic E-state index is 12.4. The number of hydrogen-bond acceptors (Lipinski definition) is 4. The van der Waals surface area contributed by atoms with Crippen LogP contribution in [-0.2, 0) is 14.4 Å². The second kappa shape index (κ2) is 9.02. The highest BCUT2D eigenvalue weighted by atomic mass is 16.2. The van der Waals surface area contributed by atoms with Gasteiger partial charge in [0.2, 0.25) is 11.7 Å². The van der Waals surface area contributed by atoms with E-state index < -0.39 is 5.91 Å². The normalized spacial score (nSPS) is 18.3. The summed E-state index contributed by atoms with van der Waals surface area (Å²) in [7, 11) is 0. The lowest BCUT2D eigenvalue weighted by Crippen LogP contribution is -2.52. The Morgan fingerprint density at radius 1 is 1.04 bits per heavy atom. The van der Waals surface area contributed by atoms with Crippen LogP contribution in [0.5, 0.6) is 0 Å². The highest BCUT2D eigenvalue weighted by molar-refractivity contribution is 6.37. The molecule has 2 fully saturated rings. The van der Waals surface area contributed by atoms with Crippen molar-refractivity contribution < 1.29 is 14.4 Å². The second-order valence-electron chi connectivity index (χ2n) is 7.59. The summed E-state index contributed by atoms with van der Waals surface area (Å²) in [5, 5.41) is 2.53. The third kappa shape index (κ3) is 5.08. The van der Waals surface area contributed by atoms with Crippen molar-refractivity contribution in [1.82, 2.24) is 10.2 Å². The molecule has 2 aliphatic rings. The van der Waals surface area contributed by atoms with Crippen LogP contribution < -0.4 is 10.2 Å². The Bertz CT molecular complexity index is 690. The van der Waals surface area contributed by atoms with Gasteiger partial charge in [0.05, 0.1) is 6.54 Å². The van der Waals surface area contributed by atoms with Gasteiger partial charge in [-0.2, -0.15) is 0 Å². The lowest BCUT2D eigenvalue weighted by molar-refractivity contribution is -0.142. The van der Waals surface area contributed by atoms with E-state index in [1.165, 1.54) is 11.3 Å². The topological polar surface area (TPSA) is 69.7 Å². The van der Waals surface area contributed by atoms with Crippen molar-refractivity contribution in [2.45, 2.75) is 39.0 Å². The standard InChI is InChI=1S/C21H29N3O3/c1-16-6-5-9-18(14-16)23-10-12-24(13-11-23)19(25)15-22-21(27)20(26)17-7-3-2-4-8-17/h5-6,9,14,17H,2-4,7-8,10-13,15H2,1H3,(H,22,27). The minimum atomic E-state index is -0.603. The van der Waals surface area contributed by atoms with Crippen molar-refractivity contribution in [2.75, 3.05) is 37.6 Å². The number of ketones is 1. The zero-order valence-electron chi connectivity index (χ0n) is 16.1. The second-order valence-corrected chi connectivity index (χ2v) is 7.59. The monoisotopic (exact) mass is 371 g/mol. The van der Waals surface area contributed by atoms with Gasteiger partial charge in [0, 0.05) is 37.8 Å². The largest absolute Gasteiger partial charge is 0.368 e. The number of carbonyl (C=O) groups excluding carboxylic acids is 3. The molecule has 0 bridgehead atoms. The summed E-state index contributed by atoms with van der Waals surface area (Å²) >= 11 is 0. The minimum absolute atomic E-state index is 0.0955. The first-order chi connectivity index (χ1) is 13.0. The Balaban J connectivity index is 1.42. The van der Waals surface area contributed by atoms with Gasteiger partial charge in [0.1, 0.15) is 0 Å². The molecule has 2 amide bonds. The quantitative estimate of drug-likeness (QED) is 0.803. The van der Waals surface area contributed by atoms with Crippen LogP contribution in [0.15, 0.2) is 24.3 Å². The van der Waals surface area contributed by atoms with Crippen molar-refractivity contribution in [3.05, 3.63) is 29.8 Å². The van der Waals surface area contributed by atoms with Crippen LogP contribution in [-0.4, -0.2) is 55.2 Å². The number of amides is 2. The zero-order chi connectivity index (χ0) is 19.2. The molecular weight excluding hydrogens is 342 g/mol. The van der Waals surface area contributed by atoms with E-state index in [-0.39, 0.29) is 24.2 Å². The van der Waals surface area contributed by atoms with Crippen LogP contribution in [0.1, 0.15) is 37.7 Å². The van der Waals surface area contributed by atoms with Crippen molar-refractivity contribution in [1.29, 1.82) is 0 Å². The zero-order valence-corrected chi connectivity index (χ0v) is 16.1. The van der Waals surface area contributed by atoms with Gasteiger partial charge in [0.15, 0.2) is 0 Å². The van der Waals surface area contributed by atoms with E-state index >= 15 is 0 Å². The number of Topliss-reactive ketones (excluding diaryl/α,β-unsaturated/α-hetero) is 1. The van der Waals surface area contributed by atoms with Crippen molar-refractivity contribution in [3.8, 4) is 0 Å².